The van der Waals surface area contributed by atoms with Crippen molar-refractivity contribution in [3.63, 3.8) is 0 Å². The minimum atomic E-state index is 0.0602. The summed E-state index contributed by atoms with van der Waals surface area (Å²) in [6, 6.07) is 1.74. The van der Waals surface area contributed by atoms with E-state index in [0.717, 1.165) is 45.7 Å². The third-order valence-electron chi connectivity index (χ3n) is 4.48. The first-order valence-electron chi connectivity index (χ1n) is 8.41. The molecule has 0 unspecified atom stereocenters. The van der Waals surface area contributed by atoms with Gasteiger partial charge in [-0.1, -0.05) is 11.6 Å². The molecule has 2 aromatic heterocycles. The van der Waals surface area contributed by atoms with E-state index >= 15 is 0 Å². The lowest BCUT2D eigenvalue weighted by Crippen LogP contribution is -2.35. The summed E-state index contributed by atoms with van der Waals surface area (Å²) >= 11 is 6.00. The minimum Gasteiger partial charge on any atom is -0.345 e. The highest BCUT2D eigenvalue weighted by Crippen LogP contribution is 2.16. The van der Waals surface area contributed by atoms with Crippen LogP contribution in [0.2, 0.25) is 5.02 Å². The van der Waals surface area contributed by atoms with E-state index in [9.17, 15) is 4.79 Å². The van der Waals surface area contributed by atoms with Crippen LogP contribution >= 0.6 is 11.6 Å². The fourth-order valence-electron chi connectivity index (χ4n) is 3.15. The molecule has 2 aromatic rings. The number of nitrogens with zero attached hydrogens (tertiary/aromatic N) is 5. The van der Waals surface area contributed by atoms with Crippen LogP contribution < -0.4 is 0 Å². The quantitative estimate of drug-likeness (QED) is 0.850. The number of hydrogen-bond donors (Lipinski definition) is 0. The average molecular weight is 350 g/mol. The average Bonchev–Trinajstić information content (AvgIpc) is 3.06. The molecule has 1 saturated heterocycles. The zero-order valence-electron chi connectivity index (χ0n) is 14.3. The van der Waals surface area contributed by atoms with Crippen LogP contribution in [0.4, 0.5) is 0 Å². The highest BCUT2D eigenvalue weighted by Gasteiger charge is 2.22. The number of aryl methyl sites for hydroxylation is 2. The number of halogens is 1. The number of carbonyl (C=O) groups is 1. The molecule has 1 fully saturated rings. The summed E-state index contributed by atoms with van der Waals surface area (Å²) in [5.74, 6) is 0.0602. The van der Waals surface area contributed by atoms with Gasteiger partial charge in [0.15, 0.2) is 0 Å². The van der Waals surface area contributed by atoms with Crippen LogP contribution in [-0.2, 0) is 20.1 Å². The first-order valence-corrected chi connectivity index (χ1v) is 8.79. The molecule has 0 bridgehead atoms. The van der Waals surface area contributed by atoms with E-state index < -0.39 is 0 Å². The SMILES string of the molecule is CCn1cc(CN2CCCN(C(=O)c3cc(Cl)cn3C)CC2)cn1. The summed E-state index contributed by atoms with van der Waals surface area (Å²) in [7, 11) is 1.86. The summed E-state index contributed by atoms with van der Waals surface area (Å²) < 4.78 is 3.74. The molecule has 24 heavy (non-hydrogen) atoms. The van der Waals surface area contributed by atoms with Gasteiger partial charge in [0.2, 0.25) is 0 Å². The molecule has 1 amide bonds. The monoisotopic (exact) mass is 349 g/mol. The van der Waals surface area contributed by atoms with Crippen molar-refractivity contribution >= 4 is 17.5 Å². The molecule has 0 aromatic carbocycles. The first kappa shape index (κ1) is 17.0. The van der Waals surface area contributed by atoms with Crippen LogP contribution in [0.5, 0.6) is 0 Å². The van der Waals surface area contributed by atoms with Crippen molar-refractivity contribution in [2.24, 2.45) is 7.05 Å². The number of rotatable bonds is 4. The molecule has 0 atom stereocenters. The Balaban J connectivity index is 1.60. The second-order valence-electron chi connectivity index (χ2n) is 6.28. The molecule has 6 nitrogen and oxygen atoms in total. The van der Waals surface area contributed by atoms with E-state index in [2.05, 4.69) is 23.1 Å². The summed E-state index contributed by atoms with van der Waals surface area (Å²) in [4.78, 5) is 17.0. The molecule has 0 aliphatic carbocycles. The topological polar surface area (TPSA) is 46.3 Å². The Labute approximate surface area is 147 Å². The minimum absolute atomic E-state index is 0.0602. The molecule has 1 aliphatic heterocycles. The fourth-order valence-corrected chi connectivity index (χ4v) is 3.40. The Kier molecular flexibility index (Phi) is 5.26. The highest BCUT2D eigenvalue weighted by atomic mass is 35.5. The van der Waals surface area contributed by atoms with Crippen molar-refractivity contribution in [3.05, 3.63) is 40.9 Å². The van der Waals surface area contributed by atoms with E-state index in [4.69, 9.17) is 11.6 Å². The summed E-state index contributed by atoms with van der Waals surface area (Å²) in [5, 5.41) is 4.93. The van der Waals surface area contributed by atoms with Crippen molar-refractivity contribution in [2.45, 2.75) is 26.4 Å². The van der Waals surface area contributed by atoms with Gasteiger partial charge in [-0.2, -0.15) is 5.10 Å². The van der Waals surface area contributed by atoms with E-state index in [0.29, 0.717) is 10.7 Å². The van der Waals surface area contributed by atoms with Gasteiger partial charge in [0.1, 0.15) is 5.69 Å². The Morgan fingerprint density at radius 1 is 1.25 bits per heavy atom. The third kappa shape index (κ3) is 3.82. The van der Waals surface area contributed by atoms with E-state index in [1.165, 1.54) is 5.56 Å². The summed E-state index contributed by atoms with van der Waals surface area (Å²) in [6.45, 7) is 7.26. The fraction of sp³-hybridized carbons (Fsp3) is 0.529. The normalized spacial score (nSPS) is 16.4. The molecular weight excluding hydrogens is 326 g/mol. The van der Waals surface area contributed by atoms with Crippen LogP contribution in [0.15, 0.2) is 24.7 Å². The standard InChI is InChI=1S/C17H24ClN5O/c1-3-23-12-14(10-19-23)11-21-5-4-6-22(8-7-21)17(24)16-9-15(18)13-20(16)2/h9-10,12-13H,3-8,11H2,1-2H3. The van der Waals surface area contributed by atoms with Crippen LogP contribution in [0.3, 0.4) is 0 Å². The van der Waals surface area contributed by atoms with Gasteiger partial charge in [-0.3, -0.25) is 14.4 Å². The van der Waals surface area contributed by atoms with Crippen molar-refractivity contribution < 1.29 is 4.79 Å². The summed E-state index contributed by atoms with van der Waals surface area (Å²) in [6.07, 6.45) is 6.78. The summed E-state index contributed by atoms with van der Waals surface area (Å²) in [5.41, 5.74) is 1.88. The lowest BCUT2D eigenvalue weighted by molar-refractivity contribution is 0.0751. The van der Waals surface area contributed by atoms with Gasteiger partial charge in [0.25, 0.3) is 5.91 Å². The number of amides is 1. The van der Waals surface area contributed by atoms with E-state index in [-0.39, 0.29) is 5.91 Å². The van der Waals surface area contributed by atoms with E-state index in [1.807, 2.05) is 22.8 Å². The van der Waals surface area contributed by atoms with Gasteiger partial charge in [-0.05, 0) is 19.4 Å². The molecule has 3 rings (SSSR count). The molecule has 0 radical (unpaired) electrons. The zero-order valence-corrected chi connectivity index (χ0v) is 15.0. The lowest BCUT2D eigenvalue weighted by atomic mass is 10.3. The lowest BCUT2D eigenvalue weighted by Gasteiger charge is -2.22. The molecule has 1 aliphatic rings. The Hall–Kier alpha value is -1.79. The zero-order chi connectivity index (χ0) is 17.1. The molecular formula is C17H24ClN5O. The number of carbonyl (C=O) groups excluding carboxylic acids is 1. The maximum absolute atomic E-state index is 12.7. The van der Waals surface area contributed by atoms with Gasteiger partial charge < -0.3 is 9.47 Å². The van der Waals surface area contributed by atoms with Gasteiger partial charge in [-0.25, -0.2) is 0 Å². The molecule has 7 heteroatoms. The van der Waals surface area contributed by atoms with Gasteiger partial charge >= 0.3 is 0 Å². The Bertz CT molecular complexity index is 708. The van der Waals surface area contributed by atoms with Crippen LogP contribution in [-0.4, -0.2) is 56.2 Å². The number of hydrogen-bond acceptors (Lipinski definition) is 3. The molecule has 0 spiro atoms. The molecule has 0 saturated carbocycles. The Morgan fingerprint density at radius 2 is 2.08 bits per heavy atom. The van der Waals surface area contributed by atoms with Crippen molar-refractivity contribution in [2.75, 3.05) is 26.2 Å². The van der Waals surface area contributed by atoms with Crippen molar-refractivity contribution in [1.29, 1.82) is 0 Å². The molecule has 3 heterocycles. The molecule has 0 N–H and O–H groups in total. The first-order chi connectivity index (χ1) is 11.6. The van der Waals surface area contributed by atoms with Gasteiger partial charge in [0.05, 0.1) is 11.2 Å². The predicted molar refractivity (Wildman–Crippen MR) is 94.1 cm³/mol. The maximum atomic E-state index is 12.7. The smallest absolute Gasteiger partial charge is 0.270 e. The van der Waals surface area contributed by atoms with Crippen LogP contribution in [0.1, 0.15) is 29.4 Å². The van der Waals surface area contributed by atoms with Gasteiger partial charge in [-0.15, -0.1) is 0 Å². The van der Waals surface area contributed by atoms with E-state index in [1.54, 1.807) is 16.8 Å². The number of aromatic nitrogens is 3. The second-order valence-corrected chi connectivity index (χ2v) is 6.72. The molecule has 130 valence electrons. The highest BCUT2D eigenvalue weighted by molar-refractivity contribution is 6.31. The van der Waals surface area contributed by atoms with Crippen LogP contribution in [0, 0.1) is 0 Å². The largest absolute Gasteiger partial charge is 0.345 e. The van der Waals surface area contributed by atoms with Gasteiger partial charge in [0, 0.05) is 64.3 Å². The van der Waals surface area contributed by atoms with Crippen LogP contribution in [0.25, 0.3) is 0 Å². The van der Waals surface area contributed by atoms with Crippen molar-refractivity contribution in [1.82, 2.24) is 24.1 Å². The predicted octanol–water partition coefficient (Wildman–Crippen LogP) is 2.24. The third-order valence-corrected chi connectivity index (χ3v) is 4.69. The maximum Gasteiger partial charge on any atom is 0.270 e. The Morgan fingerprint density at radius 3 is 2.75 bits per heavy atom. The second kappa shape index (κ2) is 7.40. The van der Waals surface area contributed by atoms with Crippen molar-refractivity contribution in [3.8, 4) is 0 Å².